The van der Waals surface area contributed by atoms with Crippen LogP contribution in [0.4, 0.5) is 0 Å². The van der Waals surface area contributed by atoms with E-state index in [2.05, 4.69) is 23.3 Å². The minimum absolute atomic E-state index is 0.0528. The highest BCUT2D eigenvalue weighted by Crippen LogP contribution is 2.33. The van der Waals surface area contributed by atoms with E-state index in [0.29, 0.717) is 43.5 Å². The number of carbonyl (C=O) groups is 2. The van der Waals surface area contributed by atoms with Crippen molar-refractivity contribution in [2.24, 2.45) is 0 Å². The molecule has 37 heavy (non-hydrogen) atoms. The average Bonchev–Trinajstić information content (AvgIpc) is 3.68. The molecule has 1 aliphatic carbocycles. The van der Waals surface area contributed by atoms with Crippen molar-refractivity contribution in [2.45, 2.75) is 25.8 Å². The van der Waals surface area contributed by atoms with Crippen LogP contribution in [0.5, 0.6) is 5.75 Å². The number of rotatable bonds is 5. The van der Waals surface area contributed by atoms with Crippen LogP contribution in [-0.2, 0) is 0 Å². The van der Waals surface area contributed by atoms with Crippen LogP contribution in [0.3, 0.4) is 0 Å². The van der Waals surface area contributed by atoms with E-state index in [0.717, 1.165) is 46.3 Å². The summed E-state index contributed by atoms with van der Waals surface area (Å²) in [5, 5.41) is 9.16. The van der Waals surface area contributed by atoms with Crippen molar-refractivity contribution in [3.63, 3.8) is 0 Å². The largest absolute Gasteiger partial charge is 0.497 e. The Hall–Kier alpha value is -4.27. The summed E-state index contributed by atoms with van der Waals surface area (Å²) in [4.78, 5) is 34.6. The Morgan fingerprint density at radius 1 is 0.919 bits per heavy atom. The summed E-state index contributed by atoms with van der Waals surface area (Å²) in [7, 11) is 1.64. The Morgan fingerprint density at radius 2 is 1.62 bits per heavy atom. The molecule has 4 aromatic rings. The highest BCUT2D eigenvalue weighted by Gasteiger charge is 2.29. The first-order valence-corrected chi connectivity index (χ1v) is 12.6. The third-order valence-corrected chi connectivity index (χ3v) is 7.15. The molecule has 0 unspecified atom stereocenters. The molecule has 2 fully saturated rings. The molecule has 188 valence electrons. The molecule has 2 aromatic heterocycles. The van der Waals surface area contributed by atoms with Crippen LogP contribution < -0.4 is 4.74 Å². The number of amides is 2. The molecule has 0 N–H and O–H groups in total. The van der Waals surface area contributed by atoms with E-state index >= 15 is 0 Å². The second-order valence-corrected chi connectivity index (χ2v) is 9.68. The molecule has 1 saturated heterocycles. The zero-order valence-corrected chi connectivity index (χ0v) is 20.9. The fourth-order valence-electron chi connectivity index (χ4n) is 4.79. The Balaban J connectivity index is 1.16. The molecule has 0 atom stereocenters. The molecule has 0 radical (unpaired) electrons. The van der Waals surface area contributed by atoms with Crippen LogP contribution in [0, 0.1) is 6.92 Å². The molecule has 2 aliphatic rings. The van der Waals surface area contributed by atoms with E-state index in [-0.39, 0.29) is 11.8 Å². The van der Waals surface area contributed by atoms with Crippen LogP contribution in [0.1, 0.15) is 45.3 Å². The molecule has 0 spiro atoms. The fraction of sp³-hybridized carbons (Fsp3) is 0.321. The van der Waals surface area contributed by atoms with Crippen LogP contribution in [0.15, 0.2) is 54.7 Å². The normalized spacial score (nSPS) is 15.7. The lowest BCUT2D eigenvalue weighted by molar-refractivity contribution is 0.0532. The lowest BCUT2D eigenvalue weighted by atomic mass is 10.0. The van der Waals surface area contributed by atoms with Gasteiger partial charge in [0.05, 0.1) is 30.6 Å². The van der Waals surface area contributed by atoms with E-state index in [1.54, 1.807) is 27.8 Å². The summed E-state index contributed by atoms with van der Waals surface area (Å²) in [5.74, 6) is 0.610. The first-order chi connectivity index (χ1) is 18.0. The summed E-state index contributed by atoms with van der Waals surface area (Å²) < 4.78 is 7.04. The van der Waals surface area contributed by atoms with E-state index in [1.807, 2.05) is 42.5 Å². The predicted octanol–water partition coefficient (Wildman–Crippen LogP) is 3.74. The minimum Gasteiger partial charge on any atom is -0.497 e. The van der Waals surface area contributed by atoms with E-state index in [9.17, 15) is 9.59 Å². The Bertz CT molecular complexity index is 1480. The fourth-order valence-corrected chi connectivity index (χ4v) is 4.79. The van der Waals surface area contributed by atoms with E-state index < -0.39 is 0 Å². The molecule has 2 amide bonds. The number of nitrogens with zero attached hydrogens (tertiary/aromatic N) is 6. The van der Waals surface area contributed by atoms with E-state index in [4.69, 9.17) is 9.72 Å². The standard InChI is InChI=1S/C28H28N6O3/c1-18-15-24(19-3-8-22(37-2)9-4-19)29-25-16-20(5-10-23(18)25)27(35)32-11-13-33(14-12-32)28(36)26-17-34(31-30-26)21-6-7-21/h3-5,8-10,15-17,21H,6-7,11-14H2,1-2H3. The van der Waals surface area contributed by atoms with Crippen molar-refractivity contribution in [1.82, 2.24) is 29.8 Å². The maximum absolute atomic E-state index is 13.3. The van der Waals surface area contributed by atoms with Crippen LogP contribution in [0.2, 0.25) is 0 Å². The topological polar surface area (TPSA) is 93.5 Å². The van der Waals surface area contributed by atoms with Gasteiger partial charge in [0.2, 0.25) is 0 Å². The molecular weight excluding hydrogens is 468 g/mol. The number of benzene rings is 2. The second-order valence-electron chi connectivity index (χ2n) is 9.68. The summed E-state index contributed by atoms with van der Waals surface area (Å²) in [6.07, 6.45) is 3.91. The Morgan fingerprint density at radius 3 is 2.30 bits per heavy atom. The van der Waals surface area contributed by atoms with Gasteiger partial charge in [-0.15, -0.1) is 5.10 Å². The number of fused-ring (bicyclic) bond motifs is 1. The van der Waals surface area contributed by atoms with Gasteiger partial charge in [0, 0.05) is 42.7 Å². The van der Waals surface area contributed by atoms with Gasteiger partial charge in [0.25, 0.3) is 11.8 Å². The monoisotopic (exact) mass is 496 g/mol. The van der Waals surface area contributed by atoms with Crippen molar-refractivity contribution in [3.05, 3.63) is 71.5 Å². The Labute approximate surface area is 214 Å². The average molecular weight is 497 g/mol. The molecule has 1 saturated carbocycles. The maximum atomic E-state index is 13.3. The van der Waals surface area contributed by atoms with Gasteiger partial charge in [-0.1, -0.05) is 11.3 Å². The number of hydrogen-bond donors (Lipinski definition) is 0. The molecule has 9 heteroatoms. The molecule has 0 bridgehead atoms. The predicted molar refractivity (Wildman–Crippen MR) is 139 cm³/mol. The van der Waals surface area contributed by atoms with Gasteiger partial charge >= 0.3 is 0 Å². The third kappa shape index (κ3) is 4.52. The SMILES string of the molecule is COc1ccc(-c2cc(C)c3ccc(C(=O)N4CCN(C(=O)c5cn(C6CC6)nn5)CC4)cc3n2)cc1. The number of aryl methyl sites for hydroxylation is 1. The Kier molecular flexibility index (Phi) is 5.82. The number of aromatic nitrogens is 4. The van der Waals surface area contributed by atoms with Gasteiger partial charge in [0.1, 0.15) is 5.75 Å². The number of methoxy groups -OCH3 is 1. The molecular formula is C28H28N6O3. The number of hydrogen-bond acceptors (Lipinski definition) is 6. The molecule has 9 nitrogen and oxygen atoms in total. The van der Waals surface area contributed by atoms with Gasteiger partial charge < -0.3 is 14.5 Å². The summed E-state index contributed by atoms with van der Waals surface area (Å²) in [6, 6.07) is 15.9. The van der Waals surface area contributed by atoms with Crippen molar-refractivity contribution in [3.8, 4) is 17.0 Å². The van der Waals surface area contributed by atoms with Crippen molar-refractivity contribution >= 4 is 22.7 Å². The maximum Gasteiger partial charge on any atom is 0.276 e. The quantitative estimate of drug-likeness (QED) is 0.418. The number of piperazine rings is 1. The minimum atomic E-state index is -0.129. The zero-order chi connectivity index (χ0) is 25.5. The summed E-state index contributed by atoms with van der Waals surface area (Å²) in [6.45, 7) is 3.92. The first-order valence-electron chi connectivity index (χ1n) is 12.6. The summed E-state index contributed by atoms with van der Waals surface area (Å²) >= 11 is 0. The van der Waals surface area contributed by atoms with Gasteiger partial charge in [-0.3, -0.25) is 9.59 Å². The lowest BCUT2D eigenvalue weighted by Gasteiger charge is -2.34. The molecule has 2 aromatic carbocycles. The van der Waals surface area contributed by atoms with Gasteiger partial charge in [0.15, 0.2) is 5.69 Å². The van der Waals surface area contributed by atoms with Crippen LogP contribution in [-0.4, -0.2) is 74.9 Å². The van der Waals surface area contributed by atoms with Crippen LogP contribution >= 0.6 is 0 Å². The molecule has 6 rings (SSSR count). The number of carbonyl (C=O) groups excluding carboxylic acids is 2. The summed E-state index contributed by atoms with van der Waals surface area (Å²) in [5.41, 5.74) is 4.68. The highest BCUT2D eigenvalue weighted by molar-refractivity contribution is 5.99. The first kappa shape index (κ1) is 23.1. The molecule has 3 heterocycles. The van der Waals surface area contributed by atoms with Gasteiger partial charge in [-0.2, -0.15) is 0 Å². The molecule has 1 aliphatic heterocycles. The van der Waals surface area contributed by atoms with Crippen molar-refractivity contribution in [2.75, 3.05) is 33.3 Å². The smallest absolute Gasteiger partial charge is 0.276 e. The van der Waals surface area contributed by atoms with E-state index in [1.165, 1.54) is 0 Å². The van der Waals surface area contributed by atoms with Crippen molar-refractivity contribution in [1.29, 1.82) is 0 Å². The second kappa shape index (κ2) is 9.31. The van der Waals surface area contributed by atoms with Gasteiger partial charge in [-0.05, 0) is 67.8 Å². The van der Waals surface area contributed by atoms with Gasteiger partial charge in [-0.25, -0.2) is 9.67 Å². The third-order valence-electron chi connectivity index (χ3n) is 7.15. The number of pyridine rings is 1. The van der Waals surface area contributed by atoms with Crippen LogP contribution in [0.25, 0.3) is 22.2 Å². The number of ether oxygens (including phenoxy) is 1. The lowest BCUT2D eigenvalue weighted by Crippen LogP contribution is -2.50. The van der Waals surface area contributed by atoms with Crippen molar-refractivity contribution < 1.29 is 14.3 Å². The zero-order valence-electron chi connectivity index (χ0n) is 20.9. The highest BCUT2D eigenvalue weighted by atomic mass is 16.5.